The summed E-state index contributed by atoms with van der Waals surface area (Å²) < 4.78 is 16.4. The van der Waals surface area contributed by atoms with E-state index in [9.17, 15) is 9.18 Å². The minimum Gasteiger partial charge on any atom is -0.324 e. The Morgan fingerprint density at radius 3 is 2.35 bits per heavy atom. The molecule has 0 aliphatic carbocycles. The predicted octanol–water partition coefficient (Wildman–Crippen LogP) is 4.74. The van der Waals surface area contributed by atoms with Crippen LogP contribution in [0.25, 0.3) is 11.4 Å². The van der Waals surface area contributed by atoms with Crippen LogP contribution in [0.15, 0.2) is 61.2 Å². The Bertz CT molecular complexity index is 1220. The van der Waals surface area contributed by atoms with E-state index in [0.717, 1.165) is 12.0 Å². The largest absolute Gasteiger partial charge is 0.324 e. The molecule has 7 nitrogen and oxygen atoms in total. The molecule has 0 bridgehead atoms. The SMILES string of the molecule is Cc1ncc(-c2nc(Nc3ccc(C(=O)c4ccncc4)cc3)ncc2F)n1C(C)C. The average Bonchev–Trinajstić information content (AvgIpc) is 3.17. The van der Waals surface area contributed by atoms with Gasteiger partial charge in [0, 0.05) is 35.2 Å². The zero-order chi connectivity index (χ0) is 22.0. The van der Waals surface area contributed by atoms with Gasteiger partial charge in [0.2, 0.25) is 5.95 Å². The number of carbonyl (C=O) groups excluding carboxylic acids is 1. The number of anilines is 2. The lowest BCUT2D eigenvalue weighted by Gasteiger charge is -2.14. The third-order valence-electron chi connectivity index (χ3n) is 4.83. The Kier molecular flexibility index (Phi) is 5.53. The van der Waals surface area contributed by atoms with Crippen molar-refractivity contribution in [3.63, 3.8) is 0 Å². The number of benzene rings is 1. The summed E-state index contributed by atoms with van der Waals surface area (Å²) in [6.07, 6.45) is 5.92. The highest BCUT2D eigenvalue weighted by Crippen LogP contribution is 2.26. The quantitative estimate of drug-likeness (QED) is 0.457. The molecule has 0 spiro atoms. The van der Waals surface area contributed by atoms with Gasteiger partial charge in [0.15, 0.2) is 11.6 Å². The van der Waals surface area contributed by atoms with Crippen LogP contribution in [0.3, 0.4) is 0 Å². The summed E-state index contributed by atoms with van der Waals surface area (Å²) in [5.74, 6) is 0.419. The molecule has 0 fully saturated rings. The van der Waals surface area contributed by atoms with Crippen LogP contribution in [0.2, 0.25) is 0 Å². The van der Waals surface area contributed by atoms with E-state index in [0.29, 0.717) is 22.5 Å². The Hall–Kier alpha value is -3.94. The molecule has 31 heavy (non-hydrogen) atoms. The van der Waals surface area contributed by atoms with Gasteiger partial charge in [-0.2, -0.15) is 0 Å². The van der Waals surface area contributed by atoms with E-state index in [4.69, 9.17) is 0 Å². The molecule has 0 aliphatic rings. The molecule has 0 unspecified atom stereocenters. The molecule has 0 amide bonds. The molecule has 156 valence electrons. The summed E-state index contributed by atoms with van der Waals surface area (Å²) in [5, 5.41) is 3.06. The Morgan fingerprint density at radius 2 is 1.68 bits per heavy atom. The van der Waals surface area contributed by atoms with Crippen molar-refractivity contribution in [2.45, 2.75) is 26.8 Å². The van der Waals surface area contributed by atoms with Crippen molar-refractivity contribution in [1.82, 2.24) is 24.5 Å². The van der Waals surface area contributed by atoms with E-state index in [1.807, 2.05) is 25.3 Å². The second kappa shape index (κ2) is 8.43. The van der Waals surface area contributed by atoms with Gasteiger partial charge >= 0.3 is 0 Å². The van der Waals surface area contributed by atoms with Gasteiger partial charge in [-0.1, -0.05) is 0 Å². The fraction of sp³-hybridized carbons (Fsp3) is 0.174. The lowest BCUT2D eigenvalue weighted by molar-refractivity contribution is 0.103. The molecule has 1 aromatic carbocycles. The fourth-order valence-corrected chi connectivity index (χ4v) is 3.39. The van der Waals surface area contributed by atoms with E-state index in [2.05, 4.69) is 25.3 Å². The highest BCUT2D eigenvalue weighted by atomic mass is 19.1. The Balaban J connectivity index is 1.58. The van der Waals surface area contributed by atoms with Gasteiger partial charge in [0.25, 0.3) is 0 Å². The summed E-state index contributed by atoms with van der Waals surface area (Å²) in [6, 6.07) is 10.4. The van der Waals surface area contributed by atoms with E-state index >= 15 is 0 Å². The number of rotatable bonds is 6. The summed E-state index contributed by atoms with van der Waals surface area (Å²) in [6.45, 7) is 5.88. The maximum Gasteiger partial charge on any atom is 0.227 e. The molecular formula is C23H21FN6O. The molecular weight excluding hydrogens is 395 g/mol. The Labute approximate surface area is 179 Å². The predicted molar refractivity (Wildman–Crippen MR) is 116 cm³/mol. The van der Waals surface area contributed by atoms with Crippen LogP contribution < -0.4 is 5.32 Å². The second-order valence-electron chi connectivity index (χ2n) is 7.31. The first-order chi connectivity index (χ1) is 14.9. The monoisotopic (exact) mass is 416 g/mol. The summed E-state index contributed by atoms with van der Waals surface area (Å²) in [5.41, 5.74) is 2.57. The van der Waals surface area contributed by atoms with Crippen molar-refractivity contribution < 1.29 is 9.18 Å². The van der Waals surface area contributed by atoms with Crippen molar-refractivity contribution in [3.05, 3.63) is 84.0 Å². The normalized spacial score (nSPS) is 11.0. The van der Waals surface area contributed by atoms with Crippen molar-refractivity contribution in [1.29, 1.82) is 0 Å². The molecule has 4 aromatic rings. The number of hydrogen-bond donors (Lipinski definition) is 1. The number of carbonyl (C=O) groups is 1. The number of aryl methyl sites for hydroxylation is 1. The number of imidazole rings is 1. The number of halogens is 1. The second-order valence-corrected chi connectivity index (χ2v) is 7.31. The molecule has 0 atom stereocenters. The summed E-state index contributed by atoms with van der Waals surface area (Å²) >= 11 is 0. The molecule has 4 rings (SSSR count). The topological polar surface area (TPSA) is 85.6 Å². The van der Waals surface area contributed by atoms with Gasteiger partial charge in [-0.05, 0) is 57.2 Å². The first kappa shape index (κ1) is 20.3. The van der Waals surface area contributed by atoms with Crippen LogP contribution in [0.4, 0.5) is 16.0 Å². The molecule has 0 saturated heterocycles. The van der Waals surface area contributed by atoms with Crippen LogP contribution in [-0.4, -0.2) is 30.3 Å². The van der Waals surface area contributed by atoms with Crippen LogP contribution in [0, 0.1) is 12.7 Å². The maximum absolute atomic E-state index is 14.5. The van der Waals surface area contributed by atoms with Crippen molar-refractivity contribution in [2.24, 2.45) is 0 Å². The van der Waals surface area contributed by atoms with Gasteiger partial charge < -0.3 is 9.88 Å². The number of aromatic nitrogens is 5. The van der Waals surface area contributed by atoms with Crippen LogP contribution >= 0.6 is 0 Å². The molecule has 0 saturated carbocycles. The molecule has 3 aromatic heterocycles. The zero-order valence-electron chi connectivity index (χ0n) is 17.4. The van der Waals surface area contributed by atoms with Gasteiger partial charge in [0.1, 0.15) is 11.5 Å². The zero-order valence-corrected chi connectivity index (χ0v) is 17.4. The van der Waals surface area contributed by atoms with E-state index in [1.54, 1.807) is 55.0 Å². The lowest BCUT2D eigenvalue weighted by Crippen LogP contribution is -2.08. The third kappa shape index (κ3) is 4.18. The van der Waals surface area contributed by atoms with Crippen LogP contribution in [-0.2, 0) is 0 Å². The summed E-state index contributed by atoms with van der Waals surface area (Å²) in [4.78, 5) is 29.2. The first-order valence-corrected chi connectivity index (χ1v) is 9.82. The first-order valence-electron chi connectivity index (χ1n) is 9.82. The van der Waals surface area contributed by atoms with Crippen LogP contribution in [0.5, 0.6) is 0 Å². The number of nitrogens with one attached hydrogen (secondary N) is 1. The minimum absolute atomic E-state index is 0.0911. The van der Waals surface area contributed by atoms with Gasteiger partial charge in [-0.15, -0.1) is 0 Å². The van der Waals surface area contributed by atoms with Gasteiger partial charge in [-0.25, -0.2) is 19.3 Å². The van der Waals surface area contributed by atoms with Gasteiger partial charge in [0.05, 0.1) is 18.1 Å². The standard InChI is InChI=1S/C23H21FN6O/c1-14(2)30-15(3)26-13-20(30)21-19(24)12-27-23(29-21)28-18-6-4-16(5-7-18)22(31)17-8-10-25-11-9-17/h4-14H,1-3H3,(H,27,28,29). The lowest BCUT2D eigenvalue weighted by atomic mass is 10.0. The van der Waals surface area contributed by atoms with Crippen molar-refractivity contribution in [2.75, 3.05) is 5.32 Å². The fourth-order valence-electron chi connectivity index (χ4n) is 3.39. The highest BCUT2D eigenvalue weighted by Gasteiger charge is 2.18. The van der Waals surface area contributed by atoms with Crippen LogP contribution in [0.1, 0.15) is 41.6 Å². The number of nitrogens with zero attached hydrogens (tertiary/aromatic N) is 5. The van der Waals surface area contributed by atoms with Crippen molar-refractivity contribution >= 4 is 17.4 Å². The molecule has 0 aliphatic heterocycles. The molecule has 3 heterocycles. The maximum atomic E-state index is 14.5. The average molecular weight is 416 g/mol. The third-order valence-corrected chi connectivity index (χ3v) is 4.83. The van der Waals surface area contributed by atoms with Crippen molar-refractivity contribution in [3.8, 4) is 11.4 Å². The summed E-state index contributed by atoms with van der Waals surface area (Å²) in [7, 11) is 0. The minimum atomic E-state index is -0.523. The smallest absolute Gasteiger partial charge is 0.227 e. The highest BCUT2D eigenvalue weighted by molar-refractivity contribution is 6.09. The van der Waals surface area contributed by atoms with E-state index in [1.165, 1.54) is 0 Å². The number of hydrogen-bond acceptors (Lipinski definition) is 6. The molecule has 0 radical (unpaired) electrons. The van der Waals surface area contributed by atoms with E-state index in [-0.39, 0.29) is 23.5 Å². The van der Waals surface area contributed by atoms with Gasteiger partial charge in [-0.3, -0.25) is 9.78 Å². The molecule has 1 N–H and O–H groups in total. The Morgan fingerprint density at radius 1 is 1.00 bits per heavy atom. The number of pyridine rings is 1. The number of ketones is 1. The van der Waals surface area contributed by atoms with E-state index < -0.39 is 5.82 Å². The molecule has 8 heteroatoms.